The monoisotopic (exact) mass is 378 g/mol. The van der Waals surface area contributed by atoms with Crippen LogP contribution in [0.3, 0.4) is 0 Å². The quantitative estimate of drug-likeness (QED) is 0.835. The molecule has 2 aliphatic rings. The molecule has 0 unspecified atom stereocenters. The Balaban J connectivity index is 1.57. The lowest BCUT2D eigenvalue weighted by Gasteiger charge is -2.36. The maximum atomic E-state index is 11.4. The van der Waals surface area contributed by atoms with Crippen LogP contribution in [0.15, 0.2) is 53.5 Å². The van der Waals surface area contributed by atoms with Gasteiger partial charge in [0.15, 0.2) is 5.75 Å². The van der Waals surface area contributed by atoms with Crippen molar-refractivity contribution in [3.63, 3.8) is 0 Å². The van der Waals surface area contributed by atoms with Crippen LogP contribution in [0.5, 0.6) is 11.5 Å². The molecule has 2 heterocycles. The van der Waals surface area contributed by atoms with E-state index in [9.17, 15) is 9.90 Å². The van der Waals surface area contributed by atoms with Crippen molar-refractivity contribution in [2.75, 3.05) is 19.6 Å². The number of likely N-dealkylation sites (tertiary alicyclic amines) is 1. The molecule has 1 fully saturated rings. The molecule has 28 heavy (non-hydrogen) atoms. The average molecular weight is 378 g/mol. The minimum atomic E-state index is -0.745. The van der Waals surface area contributed by atoms with E-state index in [0.29, 0.717) is 12.5 Å². The van der Waals surface area contributed by atoms with E-state index in [1.54, 1.807) is 13.8 Å². The number of nitrogens with zero attached hydrogens (tertiary/aromatic N) is 2. The number of aliphatic carboxylic acids is 1. The smallest absolute Gasteiger partial charge is 0.310 e. The van der Waals surface area contributed by atoms with E-state index < -0.39 is 11.4 Å². The second-order valence-electron chi connectivity index (χ2n) is 8.30. The van der Waals surface area contributed by atoms with Gasteiger partial charge in [-0.3, -0.25) is 4.79 Å². The summed E-state index contributed by atoms with van der Waals surface area (Å²) in [6.07, 6.45) is 1.93. The van der Waals surface area contributed by atoms with Crippen LogP contribution in [-0.2, 0) is 4.79 Å². The zero-order valence-electron chi connectivity index (χ0n) is 16.4. The first-order valence-corrected chi connectivity index (χ1v) is 9.85. The topological polar surface area (TPSA) is 62.1 Å². The van der Waals surface area contributed by atoms with Crippen LogP contribution in [0.25, 0.3) is 0 Å². The molecule has 1 saturated heterocycles. The van der Waals surface area contributed by atoms with Gasteiger partial charge in [0, 0.05) is 18.0 Å². The lowest BCUT2D eigenvalue weighted by molar-refractivity contribution is -0.148. The number of ether oxygens (including phenoxy) is 1. The fraction of sp³-hybridized carbons (Fsp3) is 0.391. The molecule has 0 atom stereocenters. The van der Waals surface area contributed by atoms with Crippen LogP contribution >= 0.6 is 0 Å². The first kappa shape index (κ1) is 18.7. The highest BCUT2D eigenvalue weighted by molar-refractivity contribution is 6.06. The summed E-state index contributed by atoms with van der Waals surface area (Å²) in [4.78, 5) is 18.7. The molecule has 4 rings (SSSR count). The van der Waals surface area contributed by atoms with Gasteiger partial charge >= 0.3 is 5.97 Å². The molecule has 1 N–H and O–H groups in total. The number of rotatable bonds is 4. The van der Waals surface area contributed by atoms with Crippen LogP contribution in [0.4, 0.5) is 5.69 Å². The molecular formula is C23H26N2O3. The van der Waals surface area contributed by atoms with Gasteiger partial charge in [-0.2, -0.15) is 0 Å². The molecule has 0 amide bonds. The predicted octanol–water partition coefficient (Wildman–Crippen LogP) is 4.74. The molecule has 0 saturated carbocycles. The van der Waals surface area contributed by atoms with Gasteiger partial charge in [0.2, 0.25) is 0 Å². The molecule has 146 valence electrons. The molecule has 2 aromatic carbocycles. The Kier molecular flexibility index (Phi) is 4.94. The molecule has 0 radical (unpaired) electrons. The Morgan fingerprint density at radius 2 is 1.75 bits per heavy atom. The van der Waals surface area contributed by atoms with Gasteiger partial charge in [-0.05, 0) is 64.0 Å². The first-order chi connectivity index (χ1) is 13.4. The number of hydrogen-bond acceptors (Lipinski definition) is 4. The summed E-state index contributed by atoms with van der Waals surface area (Å²) >= 11 is 0. The van der Waals surface area contributed by atoms with E-state index in [-0.39, 0.29) is 0 Å². The number of aliphatic imine (C=N–C) groups is 1. The van der Waals surface area contributed by atoms with E-state index in [0.717, 1.165) is 54.4 Å². The lowest BCUT2D eigenvalue weighted by atomic mass is 9.86. The highest BCUT2D eigenvalue weighted by atomic mass is 16.5. The van der Waals surface area contributed by atoms with E-state index in [4.69, 9.17) is 9.73 Å². The molecule has 0 aromatic heterocycles. The summed E-state index contributed by atoms with van der Waals surface area (Å²) in [6.45, 7) is 5.92. The molecule has 5 nitrogen and oxygen atoms in total. The van der Waals surface area contributed by atoms with Gasteiger partial charge in [-0.1, -0.05) is 24.3 Å². The lowest BCUT2D eigenvalue weighted by Crippen LogP contribution is -2.44. The molecule has 2 aromatic rings. The Bertz CT molecular complexity index is 912. The number of carbonyl (C=O) groups is 1. The SMILES string of the molecule is CC(C)(CN1CCC(C2=Nc3ccccc3Oc3ccccc32)CC1)C(=O)O. The van der Waals surface area contributed by atoms with Gasteiger partial charge in [0.05, 0.1) is 11.1 Å². The van der Waals surface area contributed by atoms with Gasteiger partial charge in [0.25, 0.3) is 0 Å². The maximum Gasteiger partial charge on any atom is 0.310 e. The van der Waals surface area contributed by atoms with Gasteiger partial charge in [-0.25, -0.2) is 4.99 Å². The second-order valence-corrected chi connectivity index (χ2v) is 8.30. The van der Waals surface area contributed by atoms with Crippen molar-refractivity contribution in [2.45, 2.75) is 26.7 Å². The fourth-order valence-corrected chi connectivity index (χ4v) is 4.01. The molecule has 5 heteroatoms. The second kappa shape index (κ2) is 7.40. The number of piperidine rings is 1. The standard InChI is InChI=1S/C23H26N2O3/c1-23(2,22(26)27)15-25-13-11-16(12-14-25)21-17-7-3-5-9-19(17)28-20-10-6-4-8-18(20)24-21/h3-10,16H,11-15H2,1-2H3,(H,26,27). The number of para-hydroxylation sites is 3. The summed E-state index contributed by atoms with van der Waals surface area (Å²) in [6, 6.07) is 16.0. The number of carboxylic acid groups (broad SMARTS) is 1. The third-order valence-electron chi connectivity index (χ3n) is 5.66. The summed E-state index contributed by atoms with van der Waals surface area (Å²) in [5, 5.41) is 9.40. The molecule has 0 aliphatic carbocycles. The van der Waals surface area contributed by atoms with Crippen LogP contribution in [0, 0.1) is 11.3 Å². The van der Waals surface area contributed by atoms with Crippen LogP contribution in [0.1, 0.15) is 32.3 Å². The third kappa shape index (κ3) is 3.67. The van der Waals surface area contributed by atoms with Gasteiger partial charge in [0.1, 0.15) is 11.4 Å². The number of hydrogen-bond donors (Lipinski definition) is 1. The van der Waals surface area contributed by atoms with Crippen molar-refractivity contribution in [1.82, 2.24) is 4.90 Å². The van der Waals surface area contributed by atoms with Crippen molar-refractivity contribution in [1.29, 1.82) is 0 Å². The first-order valence-electron chi connectivity index (χ1n) is 9.85. The molecule has 0 spiro atoms. The Morgan fingerprint density at radius 3 is 2.46 bits per heavy atom. The Hall–Kier alpha value is -2.66. The minimum absolute atomic E-state index is 0.333. The molecule has 2 aliphatic heterocycles. The fourth-order valence-electron chi connectivity index (χ4n) is 4.01. The zero-order valence-corrected chi connectivity index (χ0v) is 16.4. The Labute approximate surface area is 165 Å². The van der Waals surface area contributed by atoms with E-state index in [1.165, 1.54) is 0 Å². The summed E-state index contributed by atoms with van der Waals surface area (Å²) in [5.41, 5.74) is 2.27. The zero-order chi connectivity index (χ0) is 19.7. The highest BCUT2D eigenvalue weighted by Gasteiger charge is 2.33. The van der Waals surface area contributed by atoms with Gasteiger partial charge < -0.3 is 14.7 Å². The van der Waals surface area contributed by atoms with Crippen molar-refractivity contribution in [2.24, 2.45) is 16.3 Å². The third-order valence-corrected chi connectivity index (χ3v) is 5.66. The van der Waals surface area contributed by atoms with Crippen molar-refractivity contribution in [3.05, 3.63) is 54.1 Å². The van der Waals surface area contributed by atoms with Gasteiger partial charge in [-0.15, -0.1) is 0 Å². The largest absolute Gasteiger partial charge is 0.481 e. The molecule has 0 bridgehead atoms. The van der Waals surface area contributed by atoms with E-state index >= 15 is 0 Å². The van der Waals surface area contributed by atoms with Crippen molar-refractivity contribution >= 4 is 17.4 Å². The summed E-state index contributed by atoms with van der Waals surface area (Å²) < 4.78 is 6.15. The van der Waals surface area contributed by atoms with Crippen LogP contribution in [-0.4, -0.2) is 41.3 Å². The van der Waals surface area contributed by atoms with E-state index in [1.807, 2.05) is 42.5 Å². The van der Waals surface area contributed by atoms with Crippen LogP contribution in [0.2, 0.25) is 0 Å². The van der Waals surface area contributed by atoms with Crippen molar-refractivity contribution in [3.8, 4) is 11.5 Å². The van der Waals surface area contributed by atoms with Crippen LogP contribution < -0.4 is 4.74 Å². The number of carboxylic acids is 1. The maximum absolute atomic E-state index is 11.4. The summed E-state index contributed by atoms with van der Waals surface area (Å²) in [5.74, 6) is 1.22. The molecular weight excluding hydrogens is 352 g/mol. The number of fused-ring (bicyclic) bond motifs is 2. The average Bonchev–Trinajstić information content (AvgIpc) is 2.85. The normalized spacial score (nSPS) is 17.7. The van der Waals surface area contributed by atoms with E-state index in [2.05, 4.69) is 11.0 Å². The predicted molar refractivity (Wildman–Crippen MR) is 110 cm³/mol. The summed E-state index contributed by atoms with van der Waals surface area (Å²) in [7, 11) is 0. The highest BCUT2D eigenvalue weighted by Crippen LogP contribution is 2.40. The van der Waals surface area contributed by atoms with Crippen molar-refractivity contribution < 1.29 is 14.6 Å². The minimum Gasteiger partial charge on any atom is -0.481 e. The Morgan fingerprint density at radius 1 is 1.11 bits per heavy atom. The number of benzene rings is 2.